The lowest BCUT2D eigenvalue weighted by Gasteiger charge is -2.35. The Bertz CT molecular complexity index is 914. The Balaban J connectivity index is 2.43. The van der Waals surface area contributed by atoms with Crippen LogP contribution in [0.5, 0.6) is 5.75 Å². The molecule has 0 spiro atoms. The van der Waals surface area contributed by atoms with Crippen LogP contribution >= 0.6 is 11.8 Å². The van der Waals surface area contributed by atoms with Crippen LogP contribution in [-0.4, -0.2) is 75.9 Å². The van der Waals surface area contributed by atoms with E-state index in [4.69, 9.17) is 4.74 Å². The van der Waals surface area contributed by atoms with Gasteiger partial charge in [-0.25, -0.2) is 4.79 Å². The molecule has 1 aromatic rings. The lowest BCUT2D eigenvalue weighted by molar-refractivity contribution is -0.143. The molecule has 1 fully saturated rings. The van der Waals surface area contributed by atoms with E-state index < -0.39 is 29.7 Å². The average Bonchev–Trinajstić information content (AvgIpc) is 2.82. The molecule has 10 heteroatoms. The number of nitrogens with one attached hydrogen (secondary N) is 2. The summed E-state index contributed by atoms with van der Waals surface area (Å²) in [4.78, 5) is 41.5. The number of rotatable bonds is 11. The van der Waals surface area contributed by atoms with Crippen molar-refractivity contribution in [3.63, 3.8) is 0 Å². The van der Waals surface area contributed by atoms with Crippen LogP contribution in [0.4, 0.5) is 4.79 Å². The van der Waals surface area contributed by atoms with Crippen molar-refractivity contribution in [3.8, 4) is 5.75 Å². The molecule has 37 heavy (non-hydrogen) atoms. The number of aryl methyl sites for hydroxylation is 1. The lowest BCUT2D eigenvalue weighted by atomic mass is 9.94. The molecule has 0 aliphatic heterocycles. The van der Waals surface area contributed by atoms with E-state index in [9.17, 15) is 24.6 Å². The van der Waals surface area contributed by atoms with E-state index in [1.165, 1.54) is 22.7 Å². The van der Waals surface area contributed by atoms with Gasteiger partial charge in [-0.05, 0) is 82.2 Å². The number of ether oxygens (including phenoxy) is 1. The summed E-state index contributed by atoms with van der Waals surface area (Å²) < 4.78 is 5.38. The van der Waals surface area contributed by atoms with Gasteiger partial charge in [0.15, 0.2) is 0 Å². The Morgan fingerprint density at radius 2 is 1.86 bits per heavy atom. The van der Waals surface area contributed by atoms with E-state index in [0.29, 0.717) is 23.3 Å². The maximum Gasteiger partial charge on any atom is 0.408 e. The first kappa shape index (κ1) is 30.8. The van der Waals surface area contributed by atoms with Crippen LogP contribution in [-0.2, 0) is 14.3 Å². The Hall–Kier alpha value is -2.46. The molecular weight excluding hydrogens is 494 g/mol. The molecule has 1 saturated carbocycles. The fraction of sp³-hybridized carbons (Fsp3) is 0.667. The summed E-state index contributed by atoms with van der Waals surface area (Å²) in [7, 11) is 0. The second kappa shape index (κ2) is 14.5. The summed E-state index contributed by atoms with van der Waals surface area (Å²) in [5.41, 5.74) is 0.343. The van der Waals surface area contributed by atoms with Crippen LogP contribution < -0.4 is 10.6 Å². The van der Waals surface area contributed by atoms with Crippen LogP contribution in [0.2, 0.25) is 0 Å². The number of alkyl carbamates (subject to hydrolysis) is 1. The van der Waals surface area contributed by atoms with Crippen LogP contribution in [0.1, 0.15) is 76.5 Å². The SMILES string of the molecule is CSCCC(NC(=O)OC(C)(C)C)C(=O)N(CCO)C(C(=O)NC1CCCCC1)c1ccc(O)c(C)c1. The Morgan fingerprint density at radius 1 is 1.19 bits per heavy atom. The number of aromatic hydroxyl groups is 1. The van der Waals surface area contributed by atoms with Gasteiger partial charge in [-0.3, -0.25) is 9.59 Å². The van der Waals surface area contributed by atoms with Crippen molar-refractivity contribution in [2.75, 3.05) is 25.2 Å². The number of phenolic OH excluding ortho intramolecular Hbond substituents is 1. The fourth-order valence-corrected chi connectivity index (χ4v) is 4.94. The van der Waals surface area contributed by atoms with Crippen molar-refractivity contribution >= 4 is 29.7 Å². The quantitative estimate of drug-likeness (QED) is 0.339. The molecule has 9 nitrogen and oxygen atoms in total. The van der Waals surface area contributed by atoms with Gasteiger partial charge in [-0.15, -0.1) is 0 Å². The van der Waals surface area contributed by atoms with Crippen molar-refractivity contribution < 1.29 is 29.3 Å². The van der Waals surface area contributed by atoms with Crippen LogP contribution in [0.15, 0.2) is 18.2 Å². The summed E-state index contributed by atoms with van der Waals surface area (Å²) in [5.74, 6) is -0.154. The Kier molecular flexibility index (Phi) is 12.0. The van der Waals surface area contributed by atoms with E-state index in [1.54, 1.807) is 39.8 Å². The minimum Gasteiger partial charge on any atom is -0.508 e. The first-order valence-electron chi connectivity index (χ1n) is 13.0. The number of benzene rings is 1. The average molecular weight is 538 g/mol. The predicted octanol–water partition coefficient (Wildman–Crippen LogP) is 3.66. The maximum absolute atomic E-state index is 13.9. The summed E-state index contributed by atoms with van der Waals surface area (Å²) in [5, 5.41) is 25.7. The van der Waals surface area contributed by atoms with Gasteiger partial charge in [0.25, 0.3) is 0 Å². The summed E-state index contributed by atoms with van der Waals surface area (Å²) >= 11 is 1.53. The highest BCUT2D eigenvalue weighted by Crippen LogP contribution is 2.28. The van der Waals surface area contributed by atoms with Crippen molar-refractivity contribution in [2.45, 2.75) is 89.9 Å². The van der Waals surface area contributed by atoms with E-state index in [2.05, 4.69) is 10.6 Å². The largest absolute Gasteiger partial charge is 0.508 e. The molecular formula is C27H43N3O6S. The molecule has 0 radical (unpaired) electrons. The highest BCUT2D eigenvalue weighted by molar-refractivity contribution is 7.98. The number of hydrogen-bond donors (Lipinski definition) is 4. The van der Waals surface area contributed by atoms with Gasteiger partial charge < -0.3 is 30.5 Å². The smallest absolute Gasteiger partial charge is 0.408 e. The molecule has 2 unspecified atom stereocenters. The van der Waals surface area contributed by atoms with Crippen LogP contribution in [0.25, 0.3) is 0 Å². The van der Waals surface area contributed by atoms with Gasteiger partial charge in [-0.1, -0.05) is 25.3 Å². The molecule has 0 saturated heterocycles. The van der Waals surface area contributed by atoms with Gasteiger partial charge in [-0.2, -0.15) is 11.8 Å². The predicted molar refractivity (Wildman–Crippen MR) is 146 cm³/mol. The van der Waals surface area contributed by atoms with Gasteiger partial charge in [0, 0.05) is 12.6 Å². The van der Waals surface area contributed by atoms with Gasteiger partial charge in [0.05, 0.1) is 6.61 Å². The normalized spacial score (nSPS) is 15.9. The second-order valence-electron chi connectivity index (χ2n) is 10.5. The molecule has 0 heterocycles. The number of nitrogens with zero attached hydrogens (tertiary/aromatic N) is 1. The van der Waals surface area contributed by atoms with Crippen LogP contribution in [0, 0.1) is 6.92 Å². The van der Waals surface area contributed by atoms with Crippen molar-refractivity contribution in [1.82, 2.24) is 15.5 Å². The number of carbonyl (C=O) groups is 3. The zero-order chi connectivity index (χ0) is 27.6. The first-order chi connectivity index (χ1) is 17.5. The van der Waals surface area contributed by atoms with Crippen molar-refractivity contribution in [2.24, 2.45) is 0 Å². The van der Waals surface area contributed by atoms with E-state index in [0.717, 1.165) is 32.1 Å². The molecule has 0 bridgehead atoms. The zero-order valence-electron chi connectivity index (χ0n) is 22.7. The molecule has 1 aliphatic rings. The van der Waals surface area contributed by atoms with Gasteiger partial charge in [0.1, 0.15) is 23.4 Å². The third kappa shape index (κ3) is 9.74. The zero-order valence-corrected chi connectivity index (χ0v) is 23.5. The topological polar surface area (TPSA) is 128 Å². The molecule has 2 atom stereocenters. The van der Waals surface area contributed by atoms with E-state index >= 15 is 0 Å². The highest BCUT2D eigenvalue weighted by Gasteiger charge is 2.37. The molecule has 3 amide bonds. The summed E-state index contributed by atoms with van der Waals surface area (Å²) in [6, 6.07) is 2.81. The fourth-order valence-electron chi connectivity index (χ4n) is 4.47. The van der Waals surface area contributed by atoms with Crippen LogP contribution in [0.3, 0.4) is 0 Å². The molecule has 1 aromatic carbocycles. The minimum atomic E-state index is -1.04. The second-order valence-corrected chi connectivity index (χ2v) is 11.5. The monoisotopic (exact) mass is 537 g/mol. The number of aliphatic hydroxyl groups excluding tert-OH is 1. The third-order valence-corrected chi connectivity index (χ3v) is 6.92. The maximum atomic E-state index is 13.9. The Morgan fingerprint density at radius 3 is 2.43 bits per heavy atom. The summed E-state index contributed by atoms with van der Waals surface area (Å²) in [6.07, 6.45) is 6.45. The molecule has 2 rings (SSSR count). The molecule has 4 N–H and O–H groups in total. The molecule has 0 aromatic heterocycles. The lowest BCUT2D eigenvalue weighted by Crippen LogP contribution is -2.54. The number of phenols is 1. The Labute approximate surface area is 224 Å². The summed E-state index contributed by atoms with van der Waals surface area (Å²) in [6.45, 7) is 6.47. The molecule has 1 aliphatic carbocycles. The first-order valence-corrected chi connectivity index (χ1v) is 14.4. The minimum absolute atomic E-state index is 0.0141. The van der Waals surface area contributed by atoms with Crippen molar-refractivity contribution in [3.05, 3.63) is 29.3 Å². The number of aliphatic hydroxyl groups is 1. The van der Waals surface area contributed by atoms with Gasteiger partial charge >= 0.3 is 6.09 Å². The number of hydrogen-bond acceptors (Lipinski definition) is 7. The number of amides is 3. The molecule has 208 valence electrons. The number of carbonyl (C=O) groups excluding carboxylic acids is 3. The van der Waals surface area contributed by atoms with Gasteiger partial charge in [0.2, 0.25) is 11.8 Å². The third-order valence-electron chi connectivity index (χ3n) is 6.27. The number of thioether (sulfide) groups is 1. The standard InChI is InChI=1S/C27H43N3O6S/c1-18-17-19(11-12-22(18)32)23(24(33)28-20-9-7-6-8-10-20)30(14-15-31)25(34)21(13-16-37-5)29-26(35)36-27(2,3)4/h11-12,17,20-21,23,31-32H,6-10,13-16H2,1-5H3,(H,28,33)(H,29,35). The highest BCUT2D eigenvalue weighted by atomic mass is 32.2. The van der Waals surface area contributed by atoms with E-state index in [-0.39, 0.29) is 30.9 Å². The van der Waals surface area contributed by atoms with E-state index in [1.807, 2.05) is 6.26 Å². The van der Waals surface area contributed by atoms with Crippen molar-refractivity contribution in [1.29, 1.82) is 0 Å².